The van der Waals surface area contributed by atoms with Gasteiger partial charge in [0.15, 0.2) is 0 Å². The number of nitrogens with zero attached hydrogens (tertiary/aromatic N) is 1. The number of pyridine rings is 1. The van der Waals surface area contributed by atoms with E-state index in [4.69, 9.17) is 0 Å². The van der Waals surface area contributed by atoms with Crippen molar-refractivity contribution in [3.8, 4) is 0 Å². The number of hydrogen-bond donors (Lipinski definition) is 1. The highest BCUT2D eigenvalue weighted by Crippen LogP contribution is 2.32. The molecular weight excluding hydrogens is 350 g/mol. The molecule has 1 N–H and O–H groups in total. The van der Waals surface area contributed by atoms with Gasteiger partial charge in [-0.1, -0.05) is 71.2 Å². The lowest BCUT2D eigenvalue weighted by Crippen LogP contribution is -2.17. The highest BCUT2D eigenvalue weighted by molar-refractivity contribution is 5.81. The molecule has 0 aliphatic heterocycles. The molecule has 2 rings (SSSR count). The SMILES string of the molecule is CC.CC(C)(C)OC=O.CCCCC(CC)C(O)c1cccc2cccnc12. The Labute approximate surface area is 171 Å². The third-order valence-electron chi connectivity index (χ3n) is 4.28. The van der Waals surface area contributed by atoms with Crippen molar-refractivity contribution < 1.29 is 14.6 Å². The van der Waals surface area contributed by atoms with Crippen LogP contribution in [0.25, 0.3) is 10.9 Å². The summed E-state index contributed by atoms with van der Waals surface area (Å²) in [6, 6.07) is 10.0. The van der Waals surface area contributed by atoms with E-state index in [1.54, 1.807) is 6.20 Å². The second-order valence-corrected chi connectivity index (χ2v) is 7.50. The third kappa shape index (κ3) is 9.32. The molecule has 0 saturated heterocycles. The molecule has 158 valence electrons. The quantitative estimate of drug-likeness (QED) is 0.551. The molecule has 0 radical (unpaired) electrons. The number of unbranched alkanes of at least 4 members (excludes halogenated alkanes) is 1. The zero-order valence-corrected chi connectivity index (χ0v) is 18.7. The van der Waals surface area contributed by atoms with Crippen molar-refractivity contribution >= 4 is 17.4 Å². The number of aliphatic hydroxyl groups is 1. The molecular formula is C24H39NO3. The van der Waals surface area contributed by atoms with E-state index >= 15 is 0 Å². The predicted molar refractivity (Wildman–Crippen MR) is 118 cm³/mol. The summed E-state index contributed by atoms with van der Waals surface area (Å²) in [5.74, 6) is 0.326. The van der Waals surface area contributed by atoms with E-state index in [0.29, 0.717) is 12.4 Å². The lowest BCUT2D eigenvalue weighted by molar-refractivity contribution is -0.138. The number of ether oxygens (including phenoxy) is 1. The van der Waals surface area contributed by atoms with Gasteiger partial charge in [0.05, 0.1) is 11.6 Å². The van der Waals surface area contributed by atoms with Crippen molar-refractivity contribution in [2.24, 2.45) is 5.92 Å². The van der Waals surface area contributed by atoms with Crippen LogP contribution >= 0.6 is 0 Å². The molecule has 2 aromatic rings. The second kappa shape index (κ2) is 14.1. The van der Waals surface area contributed by atoms with Gasteiger partial charge in [0.1, 0.15) is 5.60 Å². The van der Waals surface area contributed by atoms with Crippen LogP contribution in [0.3, 0.4) is 0 Å². The van der Waals surface area contributed by atoms with Crippen LogP contribution in [0.5, 0.6) is 0 Å². The van der Waals surface area contributed by atoms with Gasteiger partial charge in [-0.15, -0.1) is 0 Å². The maximum atomic E-state index is 10.7. The van der Waals surface area contributed by atoms with Crippen molar-refractivity contribution in [1.82, 2.24) is 4.98 Å². The summed E-state index contributed by atoms with van der Waals surface area (Å²) in [5, 5.41) is 11.8. The molecule has 0 aliphatic rings. The van der Waals surface area contributed by atoms with E-state index in [2.05, 4.69) is 23.6 Å². The van der Waals surface area contributed by atoms with Crippen molar-refractivity contribution in [3.63, 3.8) is 0 Å². The number of rotatable bonds is 7. The Morgan fingerprint density at radius 1 is 1.14 bits per heavy atom. The van der Waals surface area contributed by atoms with Crippen LogP contribution in [0.1, 0.15) is 85.8 Å². The first-order valence-electron chi connectivity index (χ1n) is 10.5. The van der Waals surface area contributed by atoms with Crippen molar-refractivity contribution in [1.29, 1.82) is 0 Å². The summed E-state index contributed by atoms with van der Waals surface area (Å²) >= 11 is 0. The molecule has 28 heavy (non-hydrogen) atoms. The molecule has 4 heteroatoms. The van der Waals surface area contributed by atoms with Crippen molar-refractivity contribution in [3.05, 3.63) is 42.1 Å². The van der Waals surface area contributed by atoms with Crippen LogP contribution in [0.4, 0.5) is 0 Å². The molecule has 1 aromatic heterocycles. The summed E-state index contributed by atoms with van der Waals surface area (Å²) in [5.41, 5.74) is 1.59. The van der Waals surface area contributed by atoms with Crippen LogP contribution in [0.15, 0.2) is 36.5 Å². The minimum atomic E-state index is -0.407. The van der Waals surface area contributed by atoms with Gasteiger partial charge >= 0.3 is 0 Å². The van der Waals surface area contributed by atoms with E-state index in [9.17, 15) is 9.90 Å². The number of hydrogen-bond acceptors (Lipinski definition) is 4. The van der Waals surface area contributed by atoms with Gasteiger partial charge in [-0.3, -0.25) is 9.78 Å². The number of para-hydroxylation sites is 1. The fraction of sp³-hybridized carbons (Fsp3) is 0.583. The Bertz CT molecular complexity index is 659. The number of benzene rings is 1. The predicted octanol–water partition coefficient (Wildman–Crippen LogP) is 6.47. The molecule has 0 amide bonds. The monoisotopic (exact) mass is 389 g/mol. The summed E-state index contributed by atoms with van der Waals surface area (Å²) in [4.78, 5) is 14.0. The highest BCUT2D eigenvalue weighted by atomic mass is 16.5. The van der Waals surface area contributed by atoms with Crippen LogP contribution in [0, 0.1) is 5.92 Å². The van der Waals surface area contributed by atoms with E-state index in [-0.39, 0.29) is 5.60 Å². The third-order valence-corrected chi connectivity index (χ3v) is 4.28. The Balaban J connectivity index is 0.000000688. The molecule has 0 spiro atoms. The zero-order valence-electron chi connectivity index (χ0n) is 18.7. The number of fused-ring (bicyclic) bond motifs is 1. The van der Waals surface area contributed by atoms with E-state index in [1.807, 2.05) is 65.0 Å². The van der Waals surface area contributed by atoms with Crippen LogP contribution in [-0.2, 0) is 9.53 Å². The Morgan fingerprint density at radius 2 is 1.79 bits per heavy atom. The molecule has 0 saturated carbocycles. The standard InChI is InChI=1S/C17H23NO.C5H10O2.C2H6/c1-3-5-8-13(4-2)17(19)15-11-6-9-14-10-7-12-18-16(14)15;1-5(2,3)7-4-6;1-2/h6-7,9-13,17,19H,3-5,8H2,1-2H3;4H,1-3H3;1-2H3. The largest absolute Gasteiger partial charge is 0.462 e. The maximum Gasteiger partial charge on any atom is 0.293 e. The number of carbonyl (C=O) groups is 1. The Hall–Kier alpha value is -1.94. The van der Waals surface area contributed by atoms with Crippen LogP contribution in [-0.4, -0.2) is 22.2 Å². The summed E-state index contributed by atoms with van der Waals surface area (Å²) in [7, 11) is 0. The first-order valence-corrected chi connectivity index (χ1v) is 10.5. The number of aliphatic hydroxyl groups excluding tert-OH is 1. The van der Waals surface area contributed by atoms with E-state index < -0.39 is 6.10 Å². The van der Waals surface area contributed by atoms with Gasteiger partial charge in [-0.05, 0) is 39.2 Å². The minimum Gasteiger partial charge on any atom is -0.462 e. The fourth-order valence-corrected chi connectivity index (χ4v) is 2.82. The second-order valence-electron chi connectivity index (χ2n) is 7.50. The van der Waals surface area contributed by atoms with Gasteiger partial charge in [0.2, 0.25) is 0 Å². The average Bonchev–Trinajstić information content (AvgIpc) is 2.69. The first kappa shape index (κ1) is 26.1. The topological polar surface area (TPSA) is 59.4 Å². The van der Waals surface area contributed by atoms with Crippen LogP contribution in [0.2, 0.25) is 0 Å². The number of aromatic nitrogens is 1. The van der Waals surface area contributed by atoms with Gasteiger partial charge in [-0.2, -0.15) is 0 Å². The molecule has 0 bridgehead atoms. The normalized spacial score (nSPS) is 12.7. The van der Waals surface area contributed by atoms with Crippen molar-refractivity contribution in [2.45, 2.75) is 85.9 Å². The Morgan fingerprint density at radius 3 is 2.29 bits per heavy atom. The molecule has 2 unspecified atom stereocenters. The van der Waals surface area contributed by atoms with E-state index in [1.165, 1.54) is 12.8 Å². The molecule has 0 fully saturated rings. The van der Waals surface area contributed by atoms with Gasteiger partial charge in [0, 0.05) is 17.1 Å². The smallest absolute Gasteiger partial charge is 0.293 e. The molecule has 1 heterocycles. The van der Waals surface area contributed by atoms with Gasteiger partial charge in [-0.25, -0.2) is 0 Å². The van der Waals surface area contributed by atoms with Crippen molar-refractivity contribution in [2.75, 3.05) is 0 Å². The summed E-state index contributed by atoms with van der Waals surface area (Å²) < 4.78 is 4.55. The zero-order chi connectivity index (χ0) is 21.6. The summed E-state index contributed by atoms with van der Waals surface area (Å²) in [6.45, 7) is 14.3. The maximum absolute atomic E-state index is 10.7. The van der Waals surface area contributed by atoms with E-state index in [0.717, 1.165) is 29.3 Å². The van der Waals surface area contributed by atoms with Gasteiger partial charge < -0.3 is 9.84 Å². The molecule has 4 nitrogen and oxygen atoms in total. The lowest BCUT2D eigenvalue weighted by atomic mass is 9.88. The average molecular weight is 390 g/mol. The molecule has 1 aromatic carbocycles. The fourth-order valence-electron chi connectivity index (χ4n) is 2.82. The summed E-state index contributed by atoms with van der Waals surface area (Å²) in [6.07, 6.45) is 5.83. The molecule has 0 aliphatic carbocycles. The molecule has 2 atom stereocenters. The van der Waals surface area contributed by atoms with Gasteiger partial charge in [0.25, 0.3) is 6.47 Å². The first-order chi connectivity index (χ1) is 13.3. The minimum absolute atomic E-state index is 0.318. The Kier molecular flexibility index (Phi) is 13.1. The highest BCUT2D eigenvalue weighted by Gasteiger charge is 2.21. The van der Waals surface area contributed by atoms with Crippen LogP contribution < -0.4 is 0 Å². The lowest BCUT2D eigenvalue weighted by Gasteiger charge is -2.22. The number of carbonyl (C=O) groups excluding carboxylic acids is 1.